The number of benzene rings is 1. The van der Waals surface area contributed by atoms with Crippen LogP contribution < -0.4 is 0 Å². The summed E-state index contributed by atoms with van der Waals surface area (Å²) in [5.74, 6) is -0.351. The number of piperidine rings is 1. The maximum absolute atomic E-state index is 12.5. The van der Waals surface area contributed by atoms with Gasteiger partial charge in [0.2, 0.25) is 0 Å². The quantitative estimate of drug-likeness (QED) is 0.659. The monoisotopic (exact) mass is 278 g/mol. The van der Waals surface area contributed by atoms with Crippen molar-refractivity contribution in [2.75, 3.05) is 13.1 Å². The first-order valence-electron chi connectivity index (χ1n) is 6.63. The maximum atomic E-state index is 12.5. The standard InChI is InChI=1S/C14H18N2O4/c1-9-4-3-5-11(13(9)16(19)20)14(18)15-7-6-12(17)10(2)8-15/h3-5,10,12,17H,6-8H2,1-2H3. The molecule has 108 valence electrons. The van der Waals surface area contributed by atoms with E-state index in [1.807, 2.05) is 6.92 Å². The molecule has 2 atom stereocenters. The zero-order chi connectivity index (χ0) is 14.9. The van der Waals surface area contributed by atoms with Crippen LogP contribution in [0.15, 0.2) is 18.2 Å². The molecule has 1 aliphatic heterocycles. The van der Waals surface area contributed by atoms with Crippen molar-refractivity contribution in [2.45, 2.75) is 26.4 Å². The molecule has 1 aromatic carbocycles. The largest absolute Gasteiger partial charge is 0.393 e. The Labute approximate surface area is 117 Å². The van der Waals surface area contributed by atoms with Crippen LogP contribution in [0.2, 0.25) is 0 Å². The number of aliphatic hydroxyl groups is 1. The second-order valence-electron chi connectivity index (χ2n) is 5.31. The Morgan fingerprint density at radius 3 is 2.80 bits per heavy atom. The summed E-state index contributed by atoms with van der Waals surface area (Å²) in [6.45, 7) is 4.34. The Bertz CT molecular complexity index is 544. The number of likely N-dealkylation sites (tertiary alicyclic amines) is 1. The van der Waals surface area contributed by atoms with Gasteiger partial charge in [-0.15, -0.1) is 0 Å². The van der Waals surface area contributed by atoms with Gasteiger partial charge >= 0.3 is 0 Å². The van der Waals surface area contributed by atoms with Gasteiger partial charge in [-0.3, -0.25) is 14.9 Å². The molecule has 6 heteroatoms. The van der Waals surface area contributed by atoms with Crippen LogP contribution in [-0.4, -0.2) is 40.0 Å². The number of aliphatic hydroxyl groups excluding tert-OH is 1. The summed E-state index contributed by atoms with van der Waals surface area (Å²) in [5.41, 5.74) is 0.473. The SMILES string of the molecule is Cc1cccc(C(=O)N2CCC(O)C(C)C2)c1[N+](=O)[O-]. The summed E-state index contributed by atoms with van der Waals surface area (Å²) >= 11 is 0. The van der Waals surface area contributed by atoms with Crippen LogP contribution in [-0.2, 0) is 0 Å². The lowest BCUT2D eigenvalue weighted by Gasteiger charge is -2.34. The summed E-state index contributed by atoms with van der Waals surface area (Å²) in [5, 5.41) is 20.8. The molecule has 2 rings (SSSR count). The van der Waals surface area contributed by atoms with Gasteiger partial charge in [0.1, 0.15) is 5.56 Å². The third kappa shape index (κ3) is 2.65. The van der Waals surface area contributed by atoms with Crippen molar-refractivity contribution in [1.82, 2.24) is 4.90 Å². The number of nitro benzene ring substituents is 1. The molecule has 0 saturated carbocycles. The predicted molar refractivity (Wildman–Crippen MR) is 73.5 cm³/mol. The van der Waals surface area contributed by atoms with E-state index in [-0.39, 0.29) is 23.1 Å². The molecule has 1 amide bonds. The molecule has 0 aliphatic carbocycles. The summed E-state index contributed by atoms with van der Waals surface area (Å²) in [6, 6.07) is 4.76. The number of carbonyl (C=O) groups is 1. The highest BCUT2D eigenvalue weighted by molar-refractivity contribution is 5.98. The van der Waals surface area contributed by atoms with Crippen LogP contribution in [0.5, 0.6) is 0 Å². The van der Waals surface area contributed by atoms with E-state index in [2.05, 4.69) is 0 Å². The third-order valence-corrected chi connectivity index (χ3v) is 3.80. The number of nitro groups is 1. The highest BCUT2D eigenvalue weighted by Crippen LogP contribution is 2.26. The number of hydrogen-bond acceptors (Lipinski definition) is 4. The van der Waals surface area contributed by atoms with E-state index >= 15 is 0 Å². The Morgan fingerprint density at radius 2 is 2.20 bits per heavy atom. The van der Waals surface area contributed by atoms with Crippen LogP contribution in [0.1, 0.15) is 29.3 Å². The first-order chi connectivity index (χ1) is 9.41. The van der Waals surface area contributed by atoms with Crippen molar-refractivity contribution in [1.29, 1.82) is 0 Å². The average molecular weight is 278 g/mol. The molecule has 6 nitrogen and oxygen atoms in total. The van der Waals surface area contributed by atoms with E-state index in [9.17, 15) is 20.0 Å². The lowest BCUT2D eigenvalue weighted by Crippen LogP contribution is -2.45. The van der Waals surface area contributed by atoms with Crippen molar-refractivity contribution in [2.24, 2.45) is 5.92 Å². The lowest BCUT2D eigenvalue weighted by molar-refractivity contribution is -0.385. The number of nitrogens with zero attached hydrogens (tertiary/aromatic N) is 2. The van der Waals surface area contributed by atoms with Crippen molar-refractivity contribution in [3.8, 4) is 0 Å². The van der Waals surface area contributed by atoms with Gasteiger partial charge in [-0.2, -0.15) is 0 Å². The van der Waals surface area contributed by atoms with E-state index in [4.69, 9.17) is 0 Å². The Hall–Kier alpha value is -1.95. The number of carbonyl (C=O) groups excluding carboxylic acids is 1. The normalized spacial score (nSPS) is 22.6. The van der Waals surface area contributed by atoms with E-state index in [0.717, 1.165) is 0 Å². The van der Waals surface area contributed by atoms with Crippen molar-refractivity contribution in [3.05, 3.63) is 39.4 Å². The van der Waals surface area contributed by atoms with Gasteiger partial charge in [0.15, 0.2) is 0 Å². The minimum atomic E-state index is -0.509. The van der Waals surface area contributed by atoms with Crippen LogP contribution in [0, 0.1) is 23.0 Å². The van der Waals surface area contributed by atoms with Crippen LogP contribution in [0.4, 0.5) is 5.69 Å². The molecule has 0 radical (unpaired) electrons. The molecule has 2 unspecified atom stereocenters. The van der Waals surface area contributed by atoms with Crippen LogP contribution in [0.25, 0.3) is 0 Å². The number of aryl methyl sites for hydroxylation is 1. The fourth-order valence-corrected chi connectivity index (χ4v) is 2.56. The summed E-state index contributed by atoms with van der Waals surface area (Å²) < 4.78 is 0. The number of para-hydroxylation sites is 1. The van der Waals surface area contributed by atoms with Crippen LogP contribution >= 0.6 is 0 Å². The zero-order valence-corrected chi connectivity index (χ0v) is 11.6. The topological polar surface area (TPSA) is 83.7 Å². The molecule has 1 saturated heterocycles. The second-order valence-corrected chi connectivity index (χ2v) is 5.31. The van der Waals surface area contributed by atoms with E-state index < -0.39 is 11.0 Å². The summed E-state index contributed by atoms with van der Waals surface area (Å²) in [4.78, 5) is 24.7. The molecular weight excluding hydrogens is 260 g/mol. The maximum Gasteiger partial charge on any atom is 0.285 e. The number of amides is 1. The van der Waals surface area contributed by atoms with Crippen LogP contribution in [0.3, 0.4) is 0 Å². The number of rotatable bonds is 2. The van der Waals surface area contributed by atoms with Crippen molar-refractivity contribution < 1.29 is 14.8 Å². The first kappa shape index (κ1) is 14.5. The summed E-state index contributed by atoms with van der Waals surface area (Å²) in [6.07, 6.45) is 0.0959. The van der Waals surface area contributed by atoms with Crippen molar-refractivity contribution >= 4 is 11.6 Å². The molecule has 1 heterocycles. The predicted octanol–water partition coefficient (Wildman–Crippen LogP) is 1.75. The van der Waals surface area contributed by atoms with Gasteiger partial charge in [0.05, 0.1) is 11.0 Å². The van der Waals surface area contributed by atoms with Gasteiger partial charge in [0.25, 0.3) is 11.6 Å². The van der Waals surface area contributed by atoms with E-state index in [1.165, 1.54) is 6.07 Å². The van der Waals surface area contributed by atoms with Gasteiger partial charge in [0, 0.05) is 18.7 Å². The molecule has 0 spiro atoms. The molecule has 1 aromatic rings. The van der Waals surface area contributed by atoms with E-state index in [0.29, 0.717) is 25.1 Å². The lowest BCUT2D eigenvalue weighted by atomic mass is 9.96. The van der Waals surface area contributed by atoms with E-state index in [1.54, 1.807) is 24.0 Å². The Balaban J connectivity index is 2.30. The molecule has 1 N–H and O–H groups in total. The molecule has 0 bridgehead atoms. The average Bonchev–Trinajstić information content (AvgIpc) is 2.40. The highest BCUT2D eigenvalue weighted by atomic mass is 16.6. The molecule has 1 aliphatic rings. The van der Waals surface area contributed by atoms with Gasteiger partial charge in [-0.25, -0.2) is 0 Å². The smallest absolute Gasteiger partial charge is 0.285 e. The zero-order valence-electron chi connectivity index (χ0n) is 11.6. The van der Waals surface area contributed by atoms with Gasteiger partial charge in [-0.1, -0.05) is 19.1 Å². The second kappa shape index (κ2) is 5.58. The minimum Gasteiger partial charge on any atom is -0.393 e. The highest BCUT2D eigenvalue weighted by Gasteiger charge is 2.31. The molecule has 20 heavy (non-hydrogen) atoms. The molecular formula is C14H18N2O4. The first-order valence-corrected chi connectivity index (χ1v) is 6.63. The fraction of sp³-hybridized carbons (Fsp3) is 0.500. The minimum absolute atomic E-state index is 0.0171. The molecule has 0 aromatic heterocycles. The summed E-state index contributed by atoms with van der Waals surface area (Å²) in [7, 11) is 0. The number of hydrogen-bond donors (Lipinski definition) is 1. The van der Waals surface area contributed by atoms with Crippen molar-refractivity contribution in [3.63, 3.8) is 0 Å². The van der Waals surface area contributed by atoms with Gasteiger partial charge < -0.3 is 10.0 Å². The fourth-order valence-electron chi connectivity index (χ4n) is 2.56. The third-order valence-electron chi connectivity index (χ3n) is 3.80. The van der Waals surface area contributed by atoms with Gasteiger partial charge in [-0.05, 0) is 25.3 Å². The Morgan fingerprint density at radius 1 is 1.50 bits per heavy atom. The molecule has 1 fully saturated rings. The Kier molecular flexibility index (Phi) is 4.04.